The normalized spacial score (nSPS) is 26.6. The van der Waals surface area contributed by atoms with E-state index >= 15 is 0 Å². The number of hydrogen-bond acceptors (Lipinski definition) is 4. The maximum absolute atomic E-state index is 11.3. The lowest BCUT2D eigenvalue weighted by atomic mass is 9.89. The van der Waals surface area contributed by atoms with E-state index in [1.807, 2.05) is 18.2 Å². The number of aryl methyl sites for hydroxylation is 1. The maximum atomic E-state index is 11.3. The summed E-state index contributed by atoms with van der Waals surface area (Å²) in [5, 5.41) is 9.95. The predicted molar refractivity (Wildman–Crippen MR) is 64.3 cm³/mol. The van der Waals surface area contributed by atoms with Gasteiger partial charge in [0, 0.05) is 6.42 Å². The Labute approximate surface area is 106 Å². The molecule has 1 N–H and O–H groups in total. The lowest BCUT2D eigenvalue weighted by Gasteiger charge is -2.22. The van der Waals surface area contributed by atoms with Crippen molar-refractivity contribution in [1.82, 2.24) is 0 Å². The number of fused-ring (bicyclic) bond motifs is 1. The summed E-state index contributed by atoms with van der Waals surface area (Å²) in [5.74, 6) is 0.340. The van der Waals surface area contributed by atoms with Crippen LogP contribution in [0.3, 0.4) is 0 Å². The van der Waals surface area contributed by atoms with Crippen molar-refractivity contribution in [1.29, 1.82) is 0 Å². The Balaban J connectivity index is 1.81. The van der Waals surface area contributed by atoms with Gasteiger partial charge in [-0.05, 0) is 42.5 Å². The fourth-order valence-electron chi connectivity index (χ4n) is 2.57. The zero-order chi connectivity index (χ0) is 12.5. The molecule has 1 aliphatic heterocycles. The summed E-state index contributed by atoms with van der Waals surface area (Å²) < 4.78 is 10.5. The Kier molecular flexibility index (Phi) is 2.96. The molecular weight excluding hydrogens is 232 g/mol. The number of carbonyl (C=O) groups is 1. The molecule has 0 spiro atoms. The second kappa shape index (κ2) is 4.61. The molecule has 1 heterocycles. The number of aliphatic hydroxyl groups is 1. The van der Waals surface area contributed by atoms with E-state index in [0.29, 0.717) is 18.8 Å². The van der Waals surface area contributed by atoms with Crippen molar-refractivity contribution in [3.8, 4) is 5.75 Å². The molecular formula is C14H16O4. The molecule has 0 saturated carbocycles. The Hall–Kier alpha value is -1.55. The van der Waals surface area contributed by atoms with E-state index in [0.717, 1.165) is 24.8 Å². The first-order valence-corrected chi connectivity index (χ1v) is 6.38. The fraction of sp³-hybridized carbons (Fsp3) is 0.500. The third-order valence-corrected chi connectivity index (χ3v) is 3.57. The van der Waals surface area contributed by atoms with E-state index in [1.165, 1.54) is 5.56 Å². The predicted octanol–water partition coefficient (Wildman–Crippen LogP) is 1.75. The van der Waals surface area contributed by atoms with Crippen LogP contribution in [0.5, 0.6) is 5.75 Å². The van der Waals surface area contributed by atoms with E-state index in [2.05, 4.69) is 0 Å². The van der Waals surface area contributed by atoms with E-state index in [-0.39, 0.29) is 5.97 Å². The van der Waals surface area contributed by atoms with Crippen LogP contribution in [-0.4, -0.2) is 23.8 Å². The summed E-state index contributed by atoms with van der Waals surface area (Å²) >= 11 is 0. The highest BCUT2D eigenvalue weighted by Crippen LogP contribution is 2.32. The lowest BCUT2D eigenvalue weighted by Crippen LogP contribution is -2.22. The molecule has 96 valence electrons. The highest BCUT2D eigenvalue weighted by molar-refractivity contribution is 5.76. The second-order valence-corrected chi connectivity index (χ2v) is 4.83. The van der Waals surface area contributed by atoms with Crippen molar-refractivity contribution in [3.63, 3.8) is 0 Å². The van der Waals surface area contributed by atoms with Crippen molar-refractivity contribution >= 4 is 5.97 Å². The molecule has 2 atom stereocenters. The molecule has 2 unspecified atom stereocenters. The third kappa shape index (κ3) is 2.08. The fourth-order valence-corrected chi connectivity index (χ4v) is 2.57. The molecule has 1 fully saturated rings. The van der Waals surface area contributed by atoms with Crippen LogP contribution in [0.15, 0.2) is 18.2 Å². The van der Waals surface area contributed by atoms with Crippen LogP contribution in [0.25, 0.3) is 0 Å². The number of ether oxygens (including phenoxy) is 2. The van der Waals surface area contributed by atoms with Crippen LogP contribution < -0.4 is 4.74 Å². The molecule has 1 aliphatic carbocycles. The smallest absolute Gasteiger partial charge is 0.347 e. The van der Waals surface area contributed by atoms with E-state index in [9.17, 15) is 9.90 Å². The molecule has 0 bridgehead atoms. The van der Waals surface area contributed by atoms with Gasteiger partial charge in [0.2, 0.25) is 0 Å². The summed E-state index contributed by atoms with van der Waals surface area (Å²) in [6.07, 6.45) is 2.50. The number of esters is 1. The molecule has 0 amide bonds. The Morgan fingerprint density at radius 3 is 3.00 bits per heavy atom. The number of carbonyl (C=O) groups excluding carboxylic acids is 1. The van der Waals surface area contributed by atoms with Gasteiger partial charge in [-0.3, -0.25) is 0 Å². The number of benzene rings is 1. The first kappa shape index (κ1) is 11.5. The highest BCUT2D eigenvalue weighted by Gasteiger charge is 2.29. The zero-order valence-electron chi connectivity index (χ0n) is 10.1. The minimum atomic E-state index is -0.496. The zero-order valence-corrected chi connectivity index (χ0v) is 10.1. The first-order chi connectivity index (χ1) is 8.74. The molecule has 1 aromatic carbocycles. The van der Waals surface area contributed by atoms with E-state index < -0.39 is 12.2 Å². The molecule has 4 heteroatoms. The van der Waals surface area contributed by atoms with Crippen LogP contribution >= 0.6 is 0 Å². The molecule has 2 aliphatic rings. The summed E-state index contributed by atoms with van der Waals surface area (Å²) in [5.41, 5.74) is 2.11. The average molecular weight is 248 g/mol. The van der Waals surface area contributed by atoms with Crippen LogP contribution in [0.1, 0.15) is 36.5 Å². The number of rotatable bonds is 2. The molecule has 18 heavy (non-hydrogen) atoms. The van der Waals surface area contributed by atoms with Crippen molar-refractivity contribution in [2.45, 2.75) is 37.9 Å². The second-order valence-electron chi connectivity index (χ2n) is 4.83. The summed E-state index contributed by atoms with van der Waals surface area (Å²) in [6, 6.07) is 5.70. The van der Waals surface area contributed by atoms with Crippen LogP contribution in [-0.2, 0) is 16.0 Å². The standard InChI is InChI=1S/C14H16O4/c15-12-3-1-2-9-4-5-10(8-11(9)12)18-13-6-7-17-14(13)16/h4-5,8,12-13,15H,1-3,6-7H2. The van der Waals surface area contributed by atoms with Gasteiger partial charge in [-0.1, -0.05) is 6.07 Å². The molecule has 3 rings (SSSR count). The average Bonchev–Trinajstić information content (AvgIpc) is 2.76. The van der Waals surface area contributed by atoms with E-state index in [1.54, 1.807) is 0 Å². The third-order valence-electron chi connectivity index (χ3n) is 3.57. The minimum Gasteiger partial charge on any atom is -0.479 e. The van der Waals surface area contributed by atoms with Crippen LogP contribution in [0.4, 0.5) is 0 Å². The number of hydrogen-bond donors (Lipinski definition) is 1. The maximum Gasteiger partial charge on any atom is 0.347 e. The molecule has 1 aromatic rings. The van der Waals surface area contributed by atoms with Gasteiger partial charge in [0.1, 0.15) is 5.75 Å². The Morgan fingerprint density at radius 2 is 2.22 bits per heavy atom. The van der Waals surface area contributed by atoms with E-state index in [4.69, 9.17) is 9.47 Å². The molecule has 0 aromatic heterocycles. The summed E-state index contributed by atoms with van der Waals surface area (Å²) in [4.78, 5) is 11.3. The first-order valence-electron chi connectivity index (χ1n) is 6.38. The molecule has 1 saturated heterocycles. The van der Waals surface area contributed by atoms with Gasteiger partial charge in [-0.25, -0.2) is 4.79 Å². The number of aliphatic hydroxyl groups excluding tert-OH is 1. The van der Waals surface area contributed by atoms with Crippen LogP contribution in [0.2, 0.25) is 0 Å². The Morgan fingerprint density at radius 1 is 1.33 bits per heavy atom. The van der Waals surface area contributed by atoms with Gasteiger partial charge in [0.05, 0.1) is 12.7 Å². The van der Waals surface area contributed by atoms with Gasteiger partial charge in [0.15, 0.2) is 6.10 Å². The summed E-state index contributed by atoms with van der Waals surface area (Å²) in [7, 11) is 0. The molecule has 4 nitrogen and oxygen atoms in total. The number of cyclic esters (lactones) is 1. The van der Waals surface area contributed by atoms with Gasteiger partial charge < -0.3 is 14.6 Å². The van der Waals surface area contributed by atoms with Gasteiger partial charge in [0.25, 0.3) is 0 Å². The van der Waals surface area contributed by atoms with Gasteiger partial charge >= 0.3 is 5.97 Å². The Bertz CT molecular complexity index is 469. The topological polar surface area (TPSA) is 55.8 Å². The van der Waals surface area contributed by atoms with Gasteiger partial charge in [-0.15, -0.1) is 0 Å². The van der Waals surface area contributed by atoms with Crippen molar-refractivity contribution < 1.29 is 19.4 Å². The lowest BCUT2D eigenvalue weighted by molar-refractivity contribution is -0.143. The quantitative estimate of drug-likeness (QED) is 0.810. The SMILES string of the molecule is O=C1OCCC1Oc1ccc2c(c1)C(O)CCC2. The monoisotopic (exact) mass is 248 g/mol. The largest absolute Gasteiger partial charge is 0.479 e. The van der Waals surface area contributed by atoms with Crippen molar-refractivity contribution in [2.75, 3.05) is 6.61 Å². The minimum absolute atomic E-state index is 0.298. The summed E-state index contributed by atoms with van der Waals surface area (Å²) in [6.45, 7) is 0.428. The van der Waals surface area contributed by atoms with Crippen molar-refractivity contribution in [3.05, 3.63) is 29.3 Å². The highest BCUT2D eigenvalue weighted by atomic mass is 16.6. The van der Waals surface area contributed by atoms with Crippen LogP contribution in [0, 0.1) is 0 Å². The molecule has 0 radical (unpaired) electrons. The van der Waals surface area contributed by atoms with Crippen molar-refractivity contribution in [2.24, 2.45) is 0 Å². The van der Waals surface area contributed by atoms with Gasteiger partial charge in [-0.2, -0.15) is 0 Å².